The number of pyridine rings is 1. The first-order valence-electron chi connectivity index (χ1n) is 8.14. The van der Waals surface area contributed by atoms with E-state index in [4.69, 9.17) is 5.11 Å². The average molecular weight is 319 g/mol. The minimum absolute atomic E-state index is 0.175. The zero-order chi connectivity index (χ0) is 16.8. The standard InChI is InChI=1S/C17H25N3O3/c1-12(2)15(13-5-3-7-18-9-13)10-19-17(23)20-8-4-6-14(11-20)16(21)22/h3,5,7,9,12,14-15H,4,6,8,10-11H2,1-2H3,(H,19,23)(H,21,22). The second-order valence-electron chi connectivity index (χ2n) is 6.45. The van der Waals surface area contributed by atoms with Gasteiger partial charge in [-0.2, -0.15) is 0 Å². The third-order valence-corrected chi connectivity index (χ3v) is 4.45. The number of rotatable bonds is 5. The second kappa shape index (κ2) is 7.94. The van der Waals surface area contributed by atoms with Gasteiger partial charge in [0.15, 0.2) is 0 Å². The van der Waals surface area contributed by atoms with Crippen LogP contribution in [0.5, 0.6) is 0 Å². The number of nitrogens with zero attached hydrogens (tertiary/aromatic N) is 2. The fraction of sp³-hybridized carbons (Fsp3) is 0.588. The van der Waals surface area contributed by atoms with Gasteiger partial charge >= 0.3 is 12.0 Å². The van der Waals surface area contributed by atoms with Gasteiger partial charge in [0.2, 0.25) is 0 Å². The molecule has 2 atom stereocenters. The molecule has 0 aliphatic carbocycles. The number of aromatic nitrogens is 1. The third-order valence-electron chi connectivity index (χ3n) is 4.45. The van der Waals surface area contributed by atoms with E-state index >= 15 is 0 Å². The molecule has 1 aromatic heterocycles. The van der Waals surface area contributed by atoms with Crippen LogP contribution in [-0.2, 0) is 4.79 Å². The quantitative estimate of drug-likeness (QED) is 0.872. The Kier molecular flexibility index (Phi) is 5.96. The first kappa shape index (κ1) is 17.2. The van der Waals surface area contributed by atoms with Crippen molar-refractivity contribution in [3.63, 3.8) is 0 Å². The lowest BCUT2D eigenvalue weighted by Gasteiger charge is -2.31. The van der Waals surface area contributed by atoms with Gasteiger partial charge in [0.25, 0.3) is 0 Å². The Morgan fingerprint density at radius 3 is 2.87 bits per heavy atom. The molecule has 2 unspecified atom stereocenters. The van der Waals surface area contributed by atoms with Gasteiger partial charge in [0.1, 0.15) is 0 Å². The van der Waals surface area contributed by atoms with E-state index in [9.17, 15) is 9.59 Å². The molecule has 2 N–H and O–H groups in total. The van der Waals surface area contributed by atoms with Crippen molar-refractivity contribution in [2.75, 3.05) is 19.6 Å². The van der Waals surface area contributed by atoms with Crippen LogP contribution in [0.25, 0.3) is 0 Å². The fourth-order valence-electron chi connectivity index (χ4n) is 3.01. The summed E-state index contributed by atoms with van der Waals surface area (Å²) in [5.74, 6) is -0.716. The molecule has 0 spiro atoms. The molecule has 1 saturated heterocycles. The number of likely N-dealkylation sites (tertiary alicyclic amines) is 1. The number of piperidine rings is 1. The van der Waals surface area contributed by atoms with E-state index in [1.165, 1.54) is 0 Å². The number of carbonyl (C=O) groups is 2. The van der Waals surface area contributed by atoms with Gasteiger partial charge in [0, 0.05) is 37.9 Å². The van der Waals surface area contributed by atoms with Crippen LogP contribution in [0.1, 0.15) is 38.2 Å². The van der Waals surface area contributed by atoms with Crippen molar-refractivity contribution in [2.24, 2.45) is 11.8 Å². The lowest BCUT2D eigenvalue weighted by molar-refractivity contribution is -0.143. The maximum absolute atomic E-state index is 12.3. The number of carbonyl (C=O) groups excluding carboxylic acids is 1. The molecular formula is C17H25N3O3. The lowest BCUT2D eigenvalue weighted by Crippen LogP contribution is -2.48. The molecule has 2 amide bonds. The van der Waals surface area contributed by atoms with E-state index < -0.39 is 11.9 Å². The van der Waals surface area contributed by atoms with Gasteiger partial charge in [0.05, 0.1) is 5.92 Å². The molecule has 126 valence electrons. The topological polar surface area (TPSA) is 82.5 Å². The largest absolute Gasteiger partial charge is 0.481 e. The molecule has 2 heterocycles. The number of hydrogen-bond acceptors (Lipinski definition) is 3. The Morgan fingerprint density at radius 2 is 2.26 bits per heavy atom. The monoisotopic (exact) mass is 319 g/mol. The van der Waals surface area contributed by atoms with Crippen LogP contribution >= 0.6 is 0 Å². The number of hydrogen-bond donors (Lipinski definition) is 2. The summed E-state index contributed by atoms with van der Waals surface area (Å²) < 4.78 is 0. The summed E-state index contributed by atoms with van der Waals surface area (Å²) in [5, 5.41) is 12.1. The predicted octanol–water partition coefficient (Wildman–Crippen LogP) is 2.33. The average Bonchev–Trinajstić information content (AvgIpc) is 2.55. The summed E-state index contributed by atoms with van der Waals surface area (Å²) in [7, 11) is 0. The number of nitrogens with one attached hydrogen (secondary N) is 1. The molecule has 1 aromatic rings. The van der Waals surface area contributed by atoms with Crippen LogP contribution in [0, 0.1) is 11.8 Å². The normalized spacial score (nSPS) is 19.4. The predicted molar refractivity (Wildman–Crippen MR) is 87.1 cm³/mol. The molecule has 1 aliphatic heterocycles. The van der Waals surface area contributed by atoms with Crippen LogP contribution in [0.2, 0.25) is 0 Å². The lowest BCUT2D eigenvalue weighted by atomic mass is 9.89. The number of carboxylic acid groups (broad SMARTS) is 1. The minimum atomic E-state index is -0.821. The van der Waals surface area contributed by atoms with Crippen molar-refractivity contribution in [2.45, 2.75) is 32.6 Å². The molecule has 0 radical (unpaired) electrons. The zero-order valence-electron chi connectivity index (χ0n) is 13.7. The summed E-state index contributed by atoms with van der Waals surface area (Å²) in [6.07, 6.45) is 4.95. The Labute approximate surface area is 136 Å². The Balaban J connectivity index is 1.93. The molecule has 2 rings (SSSR count). The first-order valence-corrected chi connectivity index (χ1v) is 8.14. The maximum Gasteiger partial charge on any atom is 0.317 e. The zero-order valence-corrected chi connectivity index (χ0v) is 13.7. The number of aliphatic carboxylic acids is 1. The van der Waals surface area contributed by atoms with E-state index in [-0.39, 0.29) is 11.9 Å². The van der Waals surface area contributed by atoms with E-state index in [0.717, 1.165) is 12.0 Å². The SMILES string of the molecule is CC(C)C(CNC(=O)N1CCCC(C(=O)O)C1)c1cccnc1. The highest BCUT2D eigenvalue weighted by molar-refractivity contribution is 5.76. The van der Waals surface area contributed by atoms with Crippen molar-refractivity contribution >= 4 is 12.0 Å². The molecule has 1 fully saturated rings. The summed E-state index contributed by atoms with van der Waals surface area (Å²) in [6.45, 7) is 5.67. The molecule has 1 aliphatic rings. The molecule has 23 heavy (non-hydrogen) atoms. The van der Waals surface area contributed by atoms with Crippen LogP contribution in [0.3, 0.4) is 0 Å². The van der Waals surface area contributed by atoms with Gasteiger partial charge in [-0.1, -0.05) is 19.9 Å². The molecular weight excluding hydrogens is 294 g/mol. The summed E-state index contributed by atoms with van der Waals surface area (Å²) >= 11 is 0. The maximum atomic E-state index is 12.3. The number of carboxylic acids is 1. The van der Waals surface area contributed by atoms with Gasteiger partial charge in [-0.25, -0.2) is 4.79 Å². The van der Waals surface area contributed by atoms with E-state index in [0.29, 0.717) is 32.0 Å². The van der Waals surface area contributed by atoms with Crippen molar-refractivity contribution in [1.29, 1.82) is 0 Å². The van der Waals surface area contributed by atoms with Crippen molar-refractivity contribution in [3.05, 3.63) is 30.1 Å². The second-order valence-corrected chi connectivity index (χ2v) is 6.45. The van der Waals surface area contributed by atoms with Crippen LogP contribution in [0.15, 0.2) is 24.5 Å². The first-order chi connectivity index (χ1) is 11.0. The third kappa shape index (κ3) is 4.68. The van der Waals surface area contributed by atoms with Crippen molar-refractivity contribution in [3.8, 4) is 0 Å². The van der Waals surface area contributed by atoms with Crippen LogP contribution in [0.4, 0.5) is 4.79 Å². The van der Waals surface area contributed by atoms with E-state index in [2.05, 4.69) is 24.1 Å². The summed E-state index contributed by atoms with van der Waals surface area (Å²) in [6, 6.07) is 3.74. The van der Waals surface area contributed by atoms with Gasteiger partial charge in [-0.15, -0.1) is 0 Å². The minimum Gasteiger partial charge on any atom is -0.481 e. The van der Waals surface area contributed by atoms with Crippen molar-refractivity contribution in [1.82, 2.24) is 15.2 Å². The summed E-state index contributed by atoms with van der Waals surface area (Å²) in [4.78, 5) is 29.2. The highest BCUT2D eigenvalue weighted by Crippen LogP contribution is 2.23. The fourth-order valence-corrected chi connectivity index (χ4v) is 3.01. The molecule has 0 bridgehead atoms. The molecule has 0 saturated carbocycles. The smallest absolute Gasteiger partial charge is 0.317 e. The molecule has 6 nitrogen and oxygen atoms in total. The van der Waals surface area contributed by atoms with E-state index in [1.807, 2.05) is 18.3 Å². The van der Waals surface area contributed by atoms with Gasteiger partial charge in [-0.05, 0) is 30.4 Å². The van der Waals surface area contributed by atoms with Gasteiger partial charge in [-0.3, -0.25) is 9.78 Å². The number of amides is 2. The Hall–Kier alpha value is -2.11. The van der Waals surface area contributed by atoms with Crippen molar-refractivity contribution < 1.29 is 14.7 Å². The van der Waals surface area contributed by atoms with E-state index in [1.54, 1.807) is 11.1 Å². The Morgan fingerprint density at radius 1 is 1.48 bits per heavy atom. The molecule has 0 aromatic carbocycles. The Bertz CT molecular complexity index is 533. The highest BCUT2D eigenvalue weighted by atomic mass is 16.4. The highest BCUT2D eigenvalue weighted by Gasteiger charge is 2.28. The van der Waals surface area contributed by atoms with Crippen LogP contribution < -0.4 is 5.32 Å². The summed E-state index contributed by atoms with van der Waals surface area (Å²) in [5.41, 5.74) is 1.10. The van der Waals surface area contributed by atoms with Crippen LogP contribution in [-0.4, -0.2) is 46.6 Å². The molecule has 6 heteroatoms. The van der Waals surface area contributed by atoms with Gasteiger partial charge < -0.3 is 15.3 Å². The number of urea groups is 1.